The van der Waals surface area contributed by atoms with Crippen LogP contribution < -0.4 is 14.8 Å². The van der Waals surface area contributed by atoms with Crippen LogP contribution in [0.4, 0.5) is 0 Å². The molecule has 0 radical (unpaired) electrons. The fourth-order valence-corrected chi connectivity index (χ4v) is 2.52. The number of likely N-dealkylation sites (tertiary alicyclic amines) is 1. The molecule has 1 saturated heterocycles. The maximum atomic E-state index is 11.9. The minimum Gasteiger partial charge on any atom is -0.493 e. The Morgan fingerprint density at radius 3 is 2.78 bits per heavy atom. The van der Waals surface area contributed by atoms with E-state index < -0.39 is 0 Å². The van der Waals surface area contributed by atoms with E-state index in [0.717, 1.165) is 19.3 Å². The Hall–Kier alpha value is -2.24. The molecule has 1 aromatic carbocycles. The van der Waals surface area contributed by atoms with Gasteiger partial charge in [0.05, 0.1) is 20.2 Å². The zero-order valence-electron chi connectivity index (χ0n) is 13.5. The Balaban J connectivity index is 1.69. The first-order chi connectivity index (χ1) is 11.2. The zero-order chi connectivity index (χ0) is 16.5. The number of para-hydroxylation sites is 2. The van der Waals surface area contributed by atoms with Crippen LogP contribution in [-0.2, 0) is 9.59 Å². The monoisotopic (exact) mass is 320 g/mol. The van der Waals surface area contributed by atoms with Gasteiger partial charge in [-0.25, -0.2) is 0 Å². The van der Waals surface area contributed by atoms with E-state index in [1.807, 2.05) is 24.3 Å². The van der Waals surface area contributed by atoms with Gasteiger partial charge in [-0.3, -0.25) is 9.59 Å². The molecule has 1 heterocycles. The Bertz CT molecular complexity index is 533. The molecule has 1 fully saturated rings. The number of rotatable bonds is 7. The summed E-state index contributed by atoms with van der Waals surface area (Å²) in [6, 6.07) is 7.36. The molecule has 23 heavy (non-hydrogen) atoms. The molecule has 0 unspecified atom stereocenters. The summed E-state index contributed by atoms with van der Waals surface area (Å²) in [5.74, 6) is 1.23. The summed E-state index contributed by atoms with van der Waals surface area (Å²) in [6.07, 6.45) is 3.49. The number of benzene rings is 1. The summed E-state index contributed by atoms with van der Waals surface area (Å²) in [5, 5.41) is 2.78. The number of hydrogen-bond acceptors (Lipinski definition) is 4. The van der Waals surface area contributed by atoms with Crippen molar-refractivity contribution in [1.29, 1.82) is 0 Å². The molecule has 0 spiro atoms. The minimum atomic E-state index is -0.149. The molecule has 0 bridgehead atoms. The van der Waals surface area contributed by atoms with Gasteiger partial charge in [-0.05, 0) is 25.0 Å². The van der Waals surface area contributed by atoms with Gasteiger partial charge in [0.15, 0.2) is 11.5 Å². The normalized spacial score (nSPS) is 15.0. The zero-order valence-corrected chi connectivity index (χ0v) is 13.5. The van der Waals surface area contributed by atoms with E-state index in [0.29, 0.717) is 37.6 Å². The summed E-state index contributed by atoms with van der Waals surface area (Å²) in [7, 11) is 1.59. The molecule has 0 aliphatic carbocycles. The van der Waals surface area contributed by atoms with E-state index in [1.54, 1.807) is 12.0 Å². The van der Waals surface area contributed by atoms with Crippen molar-refractivity contribution < 1.29 is 19.1 Å². The maximum Gasteiger partial charge on any atom is 0.239 e. The number of carbonyl (C=O) groups excluding carboxylic acids is 2. The van der Waals surface area contributed by atoms with Crippen LogP contribution in [0.2, 0.25) is 0 Å². The predicted octanol–water partition coefficient (Wildman–Crippen LogP) is 1.59. The number of nitrogens with one attached hydrogen (secondary N) is 1. The molecule has 0 atom stereocenters. The van der Waals surface area contributed by atoms with Crippen molar-refractivity contribution in [3.8, 4) is 11.5 Å². The van der Waals surface area contributed by atoms with Gasteiger partial charge in [0.25, 0.3) is 0 Å². The van der Waals surface area contributed by atoms with Gasteiger partial charge in [-0.15, -0.1) is 0 Å². The van der Waals surface area contributed by atoms with E-state index in [2.05, 4.69) is 5.32 Å². The quantitative estimate of drug-likeness (QED) is 0.775. The van der Waals surface area contributed by atoms with Crippen molar-refractivity contribution in [3.63, 3.8) is 0 Å². The van der Waals surface area contributed by atoms with E-state index in [1.165, 1.54) is 0 Å². The Kier molecular flexibility index (Phi) is 6.72. The van der Waals surface area contributed by atoms with Crippen LogP contribution in [0.15, 0.2) is 24.3 Å². The summed E-state index contributed by atoms with van der Waals surface area (Å²) >= 11 is 0. The van der Waals surface area contributed by atoms with Gasteiger partial charge in [0.1, 0.15) is 6.61 Å². The highest BCUT2D eigenvalue weighted by Gasteiger charge is 2.18. The third kappa shape index (κ3) is 5.47. The van der Waals surface area contributed by atoms with Crippen molar-refractivity contribution in [3.05, 3.63) is 24.3 Å². The Morgan fingerprint density at radius 2 is 2.00 bits per heavy atom. The summed E-state index contributed by atoms with van der Waals surface area (Å²) in [5.41, 5.74) is 0. The van der Waals surface area contributed by atoms with Crippen LogP contribution >= 0.6 is 0 Å². The number of nitrogens with zero attached hydrogens (tertiary/aromatic N) is 1. The molecule has 126 valence electrons. The number of carbonyl (C=O) groups is 2. The lowest BCUT2D eigenvalue weighted by Crippen LogP contribution is -2.41. The van der Waals surface area contributed by atoms with E-state index in [4.69, 9.17) is 9.47 Å². The van der Waals surface area contributed by atoms with Crippen molar-refractivity contribution in [2.24, 2.45) is 0 Å². The summed E-state index contributed by atoms with van der Waals surface area (Å²) in [6.45, 7) is 1.54. The van der Waals surface area contributed by atoms with Crippen LogP contribution in [0, 0.1) is 0 Å². The molecule has 0 saturated carbocycles. The highest BCUT2D eigenvalue weighted by atomic mass is 16.5. The number of amides is 2. The fraction of sp³-hybridized carbons (Fsp3) is 0.529. The third-order valence-electron chi connectivity index (χ3n) is 3.76. The number of ether oxygens (including phenoxy) is 2. The van der Waals surface area contributed by atoms with Crippen molar-refractivity contribution in [2.45, 2.75) is 25.7 Å². The standard InChI is InChI=1S/C17H24N2O4/c1-22-14-7-4-5-8-15(14)23-12-10-18-16(20)13-19-11-6-2-3-9-17(19)21/h4-5,7-8H,2-3,6,9-13H2,1H3,(H,18,20). The van der Waals surface area contributed by atoms with E-state index in [9.17, 15) is 9.59 Å². The van der Waals surface area contributed by atoms with Gasteiger partial charge in [0.2, 0.25) is 11.8 Å². The van der Waals surface area contributed by atoms with Gasteiger partial charge < -0.3 is 19.7 Å². The highest BCUT2D eigenvalue weighted by Crippen LogP contribution is 2.25. The first kappa shape index (κ1) is 17.1. The van der Waals surface area contributed by atoms with Crippen LogP contribution in [0.5, 0.6) is 11.5 Å². The topological polar surface area (TPSA) is 67.9 Å². The smallest absolute Gasteiger partial charge is 0.239 e. The molecule has 6 heteroatoms. The van der Waals surface area contributed by atoms with Gasteiger partial charge in [-0.2, -0.15) is 0 Å². The molecular formula is C17H24N2O4. The molecule has 2 amide bonds. The molecule has 6 nitrogen and oxygen atoms in total. The lowest BCUT2D eigenvalue weighted by molar-refractivity contribution is -0.135. The van der Waals surface area contributed by atoms with Gasteiger partial charge in [-0.1, -0.05) is 18.6 Å². The molecule has 2 rings (SSSR count). The van der Waals surface area contributed by atoms with Crippen LogP contribution in [0.3, 0.4) is 0 Å². The average molecular weight is 320 g/mol. The molecule has 1 aliphatic rings. The molecule has 1 aromatic rings. The largest absolute Gasteiger partial charge is 0.493 e. The molecule has 0 aromatic heterocycles. The lowest BCUT2D eigenvalue weighted by Gasteiger charge is -2.19. The second-order valence-electron chi connectivity index (χ2n) is 5.48. The average Bonchev–Trinajstić information content (AvgIpc) is 2.77. The van der Waals surface area contributed by atoms with E-state index >= 15 is 0 Å². The molecular weight excluding hydrogens is 296 g/mol. The fourth-order valence-electron chi connectivity index (χ4n) is 2.52. The van der Waals surface area contributed by atoms with Crippen molar-refractivity contribution in [2.75, 3.05) is 33.4 Å². The van der Waals surface area contributed by atoms with Crippen molar-refractivity contribution >= 4 is 11.8 Å². The van der Waals surface area contributed by atoms with Crippen LogP contribution in [0.1, 0.15) is 25.7 Å². The van der Waals surface area contributed by atoms with Gasteiger partial charge >= 0.3 is 0 Å². The Morgan fingerprint density at radius 1 is 1.22 bits per heavy atom. The van der Waals surface area contributed by atoms with Gasteiger partial charge in [0, 0.05) is 13.0 Å². The predicted molar refractivity (Wildman–Crippen MR) is 86.5 cm³/mol. The summed E-state index contributed by atoms with van der Waals surface area (Å²) < 4.78 is 10.8. The molecule has 1 N–H and O–H groups in total. The lowest BCUT2D eigenvalue weighted by atomic mass is 10.2. The highest BCUT2D eigenvalue weighted by molar-refractivity contribution is 5.84. The molecule has 1 aliphatic heterocycles. The Labute approximate surface area is 136 Å². The van der Waals surface area contributed by atoms with Crippen molar-refractivity contribution in [1.82, 2.24) is 10.2 Å². The SMILES string of the molecule is COc1ccccc1OCCNC(=O)CN1CCCCCC1=O. The van der Waals surface area contributed by atoms with E-state index in [-0.39, 0.29) is 18.4 Å². The van der Waals surface area contributed by atoms with Crippen LogP contribution in [-0.4, -0.2) is 50.1 Å². The first-order valence-electron chi connectivity index (χ1n) is 8.01. The summed E-state index contributed by atoms with van der Waals surface area (Å²) in [4.78, 5) is 25.4. The first-order valence-corrected chi connectivity index (χ1v) is 8.01. The number of hydrogen-bond donors (Lipinski definition) is 1. The number of methoxy groups -OCH3 is 1. The second-order valence-corrected chi connectivity index (χ2v) is 5.48. The minimum absolute atomic E-state index is 0.0721. The third-order valence-corrected chi connectivity index (χ3v) is 3.76. The maximum absolute atomic E-state index is 11.9. The van der Waals surface area contributed by atoms with Crippen LogP contribution in [0.25, 0.3) is 0 Å². The second kappa shape index (κ2) is 9.02.